The number of nitrogens with zero attached hydrogens (tertiary/aromatic N) is 2. The Kier molecular flexibility index (Phi) is 5.43. The molecule has 0 bridgehead atoms. The van der Waals surface area contributed by atoms with Crippen LogP contribution in [0.1, 0.15) is 45.9 Å². The highest BCUT2D eigenvalue weighted by atomic mass is 16.6. The molecule has 8 nitrogen and oxygen atoms in total. The Morgan fingerprint density at radius 3 is 2.52 bits per heavy atom. The quantitative estimate of drug-likeness (QED) is 0.581. The van der Waals surface area contributed by atoms with Gasteiger partial charge >= 0.3 is 5.97 Å². The van der Waals surface area contributed by atoms with Crippen molar-refractivity contribution in [2.75, 3.05) is 7.11 Å². The van der Waals surface area contributed by atoms with E-state index < -0.39 is 23.2 Å². The normalized spacial score (nSPS) is 16.3. The van der Waals surface area contributed by atoms with Crippen molar-refractivity contribution in [3.63, 3.8) is 0 Å². The number of esters is 1. The van der Waals surface area contributed by atoms with Crippen molar-refractivity contribution >= 4 is 5.97 Å². The van der Waals surface area contributed by atoms with Gasteiger partial charge in [0.1, 0.15) is 18.1 Å². The van der Waals surface area contributed by atoms with Crippen LogP contribution in [0.15, 0.2) is 4.42 Å². The molecule has 0 aliphatic carbocycles. The lowest BCUT2D eigenvalue weighted by molar-refractivity contribution is -0.173. The molecule has 0 aliphatic heterocycles. The fourth-order valence-corrected chi connectivity index (χ4v) is 1.78. The molecule has 0 spiro atoms. The van der Waals surface area contributed by atoms with E-state index in [9.17, 15) is 9.90 Å². The van der Waals surface area contributed by atoms with Gasteiger partial charge in [0, 0.05) is 7.11 Å². The van der Waals surface area contributed by atoms with Crippen molar-refractivity contribution in [2.45, 2.75) is 52.0 Å². The zero-order valence-corrected chi connectivity index (χ0v) is 13.0. The predicted octanol–water partition coefficient (Wildman–Crippen LogP) is 0.688. The summed E-state index contributed by atoms with van der Waals surface area (Å²) in [7, 11) is 1.47. The van der Waals surface area contributed by atoms with Crippen LogP contribution < -0.4 is 5.73 Å². The molecule has 0 radical (unpaired) electrons. The molecule has 0 amide bonds. The molecule has 1 aromatic heterocycles. The summed E-state index contributed by atoms with van der Waals surface area (Å²) in [5.41, 5.74) is 3.05. The molecule has 3 N–H and O–H groups in total. The first-order valence-corrected chi connectivity index (χ1v) is 6.67. The van der Waals surface area contributed by atoms with E-state index in [-0.39, 0.29) is 24.8 Å². The average Bonchev–Trinajstić information content (AvgIpc) is 2.76. The van der Waals surface area contributed by atoms with E-state index in [0.29, 0.717) is 0 Å². The minimum absolute atomic E-state index is 0.0896. The Labute approximate surface area is 123 Å². The Bertz CT molecular complexity index is 478. The summed E-state index contributed by atoms with van der Waals surface area (Å²) in [5.74, 6) is -1.73. The highest BCUT2D eigenvalue weighted by molar-refractivity contribution is 5.74. The Morgan fingerprint density at radius 2 is 2.05 bits per heavy atom. The number of hydrogen-bond donors (Lipinski definition) is 2. The van der Waals surface area contributed by atoms with Gasteiger partial charge in [-0.25, -0.2) is 0 Å². The smallest absolute Gasteiger partial charge is 0.314 e. The van der Waals surface area contributed by atoms with E-state index in [2.05, 4.69) is 10.2 Å². The van der Waals surface area contributed by atoms with Crippen LogP contribution in [0.4, 0.5) is 0 Å². The number of aromatic nitrogens is 2. The Hall–Kier alpha value is -1.51. The van der Waals surface area contributed by atoms with Gasteiger partial charge in [-0.3, -0.25) is 10.5 Å². The Balaban J connectivity index is 2.97. The number of aliphatic hydroxyl groups is 1. The van der Waals surface area contributed by atoms with Crippen LogP contribution in [0.2, 0.25) is 0 Å². The maximum absolute atomic E-state index is 12.2. The fraction of sp³-hybridized carbons (Fsp3) is 0.769. The number of nitrogens with two attached hydrogens (primary N) is 1. The van der Waals surface area contributed by atoms with Gasteiger partial charge in [0.15, 0.2) is 0 Å². The zero-order chi connectivity index (χ0) is 16.3. The summed E-state index contributed by atoms with van der Waals surface area (Å²) < 4.78 is 15.3. The van der Waals surface area contributed by atoms with Crippen LogP contribution in [0.25, 0.3) is 0 Å². The van der Waals surface area contributed by atoms with E-state index >= 15 is 0 Å². The van der Waals surface area contributed by atoms with E-state index in [1.165, 1.54) is 7.11 Å². The SMILES string of the molecule is CCC(C(=O)OC(C)(C)C)C(N)(O)c1nnc(COC)o1. The second kappa shape index (κ2) is 6.50. The first kappa shape index (κ1) is 17.5. The molecule has 1 aromatic rings. The van der Waals surface area contributed by atoms with Crippen LogP contribution in [-0.2, 0) is 26.6 Å². The van der Waals surface area contributed by atoms with Crippen molar-refractivity contribution in [1.82, 2.24) is 10.2 Å². The number of hydrogen-bond acceptors (Lipinski definition) is 8. The third-order valence-corrected chi connectivity index (χ3v) is 2.71. The number of ether oxygens (including phenoxy) is 2. The third kappa shape index (κ3) is 4.48. The van der Waals surface area contributed by atoms with Gasteiger partial charge < -0.3 is 19.0 Å². The van der Waals surface area contributed by atoms with Gasteiger partial charge in [-0.05, 0) is 27.2 Å². The van der Waals surface area contributed by atoms with E-state index in [1.807, 2.05) is 0 Å². The largest absolute Gasteiger partial charge is 0.460 e. The molecule has 21 heavy (non-hydrogen) atoms. The van der Waals surface area contributed by atoms with Gasteiger partial charge in [0.2, 0.25) is 11.6 Å². The van der Waals surface area contributed by atoms with Gasteiger partial charge in [-0.1, -0.05) is 6.92 Å². The molecule has 8 heteroatoms. The van der Waals surface area contributed by atoms with Crippen LogP contribution in [-0.4, -0.2) is 34.0 Å². The van der Waals surface area contributed by atoms with E-state index in [1.54, 1.807) is 27.7 Å². The Morgan fingerprint density at radius 1 is 1.43 bits per heavy atom. The second-order valence-corrected chi connectivity index (χ2v) is 5.75. The molecule has 2 unspecified atom stereocenters. The topological polar surface area (TPSA) is 121 Å². The first-order chi connectivity index (χ1) is 9.61. The number of carbonyl (C=O) groups excluding carboxylic acids is 1. The standard InChI is InChI=1S/C13H23N3O5/c1-6-8(10(17)21-12(2,3)4)13(14,18)11-16-15-9(20-11)7-19-5/h8,18H,6-7,14H2,1-5H3. The summed E-state index contributed by atoms with van der Waals surface area (Å²) in [6.45, 7) is 6.99. The maximum atomic E-state index is 12.2. The number of methoxy groups -OCH3 is 1. The van der Waals surface area contributed by atoms with Gasteiger partial charge in [0.25, 0.3) is 5.89 Å². The lowest BCUT2D eigenvalue weighted by Gasteiger charge is -2.30. The van der Waals surface area contributed by atoms with Crippen LogP contribution in [0, 0.1) is 5.92 Å². The van der Waals surface area contributed by atoms with Crippen molar-refractivity contribution in [1.29, 1.82) is 0 Å². The average molecular weight is 301 g/mol. The lowest BCUT2D eigenvalue weighted by Crippen LogP contribution is -2.49. The molecular formula is C13H23N3O5. The third-order valence-electron chi connectivity index (χ3n) is 2.71. The van der Waals surface area contributed by atoms with Crippen LogP contribution in [0.5, 0.6) is 0 Å². The maximum Gasteiger partial charge on any atom is 0.314 e. The molecule has 0 saturated carbocycles. The molecule has 0 aromatic carbocycles. The lowest BCUT2D eigenvalue weighted by atomic mass is 9.93. The van der Waals surface area contributed by atoms with E-state index in [0.717, 1.165) is 0 Å². The molecule has 0 aliphatic rings. The van der Waals surface area contributed by atoms with Crippen molar-refractivity contribution < 1.29 is 23.8 Å². The zero-order valence-electron chi connectivity index (χ0n) is 13.0. The first-order valence-electron chi connectivity index (χ1n) is 6.67. The van der Waals surface area contributed by atoms with Crippen LogP contribution in [0.3, 0.4) is 0 Å². The predicted molar refractivity (Wildman–Crippen MR) is 72.7 cm³/mol. The fourth-order valence-electron chi connectivity index (χ4n) is 1.78. The molecule has 0 fully saturated rings. The monoisotopic (exact) mass is 301 g/mol. The summed E-state index contributed by atoms with van der Waals surface area (Å²) in [6.07, 6.45) is 0.254. The molecule has 1 rings (SSSR count). The number of rotatable bonds is 6. The van der Waals surface area contributed by atoms with Crippen molar-refractivity contribution in [3.8, 4) is 0 Å². The number of carbonyl (C=O) groups is 1. The second-order valence-electron chi connectivity index (χ2n) is 5.75. The highest BCUT2D eigenvalue weighted by Gasteiger charge is 2.45. The van der Waals surface area contributed by atoms with Crippen LogP contribution >= 0.6 is 0 Å². The summed E-state index contributed by atoms with van der Waals surface area (Å²) >= 11 is 0. The van der Waals surface area contributed by atoms with Gasteiger partial charge in [-0.2, -0.15) is 0 Å². The van der Waals surface area contributed by atoms with Crippen molar-refractivity contribution in [3.05, 3.63) is 11.8 Å². The minimum atomic E-state index is -2.10. The summed E-state index contributed by atoms with van der Waals surface area (Å²) in [5, 5.41) is 17.8. The van der Waals surface area contributed by atoms with Gasteiger partial charge in [0.05, 0.1) is 0 Å². The summed E-state index contributed by atoms with van der Waals surface area (Å²) in [4.78, 5) is 12.2. The minimum Gasteiger partial charge on any atom is -0.460 e. The molecular weight excluding hydrogens is 278 g/mol. The van der Waals surface area contributed by atoms with Crippen molar-refractivity contribution in [2.24, 2.45) is 11.7 Å². The van der Waals surface area contributed by atoms with E-state index in [4.69, 9.17) is 19.6 Å². The molecule has 1 heterocycles. The molecule has 0 saturated heterocycles. The molecule has 2 atom stereocenters. The summed E-state index contributed by atoms with van der Waals surface area (Å²) in [6, 6.07) is 0. The van der Waals surface area contributed by atoms with Gasteiger partial charge in [-0.15, -0.1) is 10.2 Å². The highest BCUT2D eigenvalue weighted by Crippen LogP contribution is 2.28. The molecule has 120 valence electrons.